The van der Waals surface area contributed by atoms with E-state index in [0.29, 0.717) is 17.9 Å². The van der Waals surface area contributed by atoms with Gasteiger partial charge in [-0.2, -0.15) is 0 Å². The molecule has 3 heterocycles. The number of hydrogen-bond donors (Lipinski definition) is 0. The summed E-state index contributed by atoms with van der Waals surface area (Å²) >= 11 is 1.85. The smallest absolute Gasteiger partial charge is 0.136 e. The van der Waals surface area contributed by atoms with Gasteiger partial charge in [-0.3, -0.25) is 9.69 Å². The summed E-state index contributed by atoms with van der Waals surface area (Å²) in [6, 6.07) is 5.41. The van der Waals surface area contributed by atoms with Gasteiger partial charge in [-0.15, -0.1) is 11.3 Å². The van der Waals surface area contributed by atoms with Gasteiger partial charge in [0.2, 0.25) is 0 Å². The maximum absolute atomic E-state index is 11.8. The molecule has 2 bridgehead atoms. The Kier molecular flexibility index (Phi) is 3.52. The molecule has 2 fully saturated rings. The third-order valence-electron chi connectivity index (χ3n) is 4.71. The third kappa shape index (κ3) is 2.63. The van der Waals surface area contributed by atoms with Crippen LogP contribution in [-0.4, -0.2) is 29.3 Å². The molecule has 0 aromatic carbocycles. The first-order valence-corrected chi connectivity index (χ1v) is 8.26. The van der Waals surface area contributed by atoms with Gasteiger partial charge in [-0.25, -0.2) is 0 Å². The van der Waals surface area contributed by atoms with Gasteiger partial charge in [0, 0.05) is 41.8 Å². The third-order valence-corrected chi connectivity index (χ3v) is 5.94. The summed E-state index contributed by atoms with van der Waals surface area (Å²) in [5.41, 5.74) is 0.197. The molecule has 19 heavy (non-hydrogen) atoms. The molecular weight excluding hydrogens is 254 g/mol. The Labute approximate surface area is 119 Å². The predicted molar refractivity (Wildman–Crippen MR) is 79.7 cm³/mol. The summed E-state index contributed by atoms with van der Waals surface area (Å²) < 4.78 is 0. The van der Waals surface area contributed by atoms with Crippen molar-refractivity contribution in [2.75, 3.05) is 6.54 Å². The lowest BCUT2D eigenvalue weighted by molar-refractivity contribution is -0.127. The minimum Gasteiger partial charge on any atom is -0.300 e. The summed E-state index contributed by atoms with van der Waals surface area (Å²) in [6.07, 6.45) is 5.30. The highest BCUT2D eigenvalue weighted by Gasteiger charge is 2.40. The van der Waals surface area contributed by atoms with Crippen LogP contribution in [0.5, 0.6) is 0 Å². The Morgan fingerprint density at radius 2 is 2.00 bits per heavy atom. The highest BCUT2D eigenvalue weighted by molar-refractivity contribution is 7.10. The van der Waals surface area contributed by atoms with Crippen molar-refractivity contribution in [3.05, 3.63) is 22.4 Å². The number of ketones is 1. The fourth-order valence-electron chi connectivity index (χ4n) is 3.72. The molecule has 2 nitrogen and oxygen atoms in total. The van der Waals surface area contributed by atoms with Gasteiger partial charge in [0.25, 0.3) is 0 Å². The Morgan fingerprint density at radius 1 is 1.32 bits per heavy atom. The van der Waals surface area contributed by atoms with Crippen LogP contribution in [0.3, 0.4) is 0 Å². The number of piperidine rings is 2. The molecule has 0 N–H and O–H groups in total. The molecule has 104 valence electrons. The van der Waals surface area contributed by atoms with E-state index in [9.17, 15) is 4.79 Å². The van der Waals surface area contributed by atoms with Crippen molar-refractivity contribution < 1.29 is 4.79 Å². The molecule has 0 radical (unpaired) electrons. The van der Waals surface area contributed by atoms with Gasteiger partial charge in [0.05, 0.1) is 0 Å². The van der Waals surface area contributed by atoms with E-state index in [2.05, 4.69) is 36.3 Å². The van der Waals surface area contributed by atoms with Crippen molar-refractivity contribution in [1.82, 2.24) is 4.90 Å². The van der Waals surface area contributed by atoms with Crippen LogP contribution in [0.25, 0.3) is 0 Å². The van der Waals surface area contributed by atoms with Crippen LogP contribution in [-0.2, 0) is 10.2 Å². The number of hydrogen-bond acceptors (Lipinski definition) is 3. The summed E-state index contributed by atoms with van der Waals surface area (Å²) in [5, 5.41) is 2.16. The van der Waals surface area contributed by atoms with E-state index in [0.717, 1.165) is 19.4 Å². The van der Waals surface area contributed by atoms with E-state index in [1.54, 1.807) is 0 Å². The highest BCUT2D eigenvalue weighted by Crippen LogP contribution is 2.36. The molecule has 2 unspecified atom stereocenters. The SMILES string of the molecule is CC(C)(CN1C2CCCC1CC(=O)C2)c1cccs1. The molecule has 3 rings (SSSR count). The van der Waals surface area contributed by atoms with Gasteiger partial charge in [-0.1, -0.05) is 26.3 Å². The van der Waals surface area contributed by atoms with Crippen LogP contribution < -0.4 is 0 Å². The van der Waals surface area contributed by atoms with Crippen molar-refractivity contribution >= 4 is 17.1 Å². The standard InChI is InChI=1S/C16H23NOS/c1-16(2,15-7-4-8-19-15)11-17-12-5-3-6-13(17)10-14(18)9-12/h4,7-8,12-13H,3,5-6,9-11H2,1-2H3. The monoisotopic (exact) mass is 277 g/mol. The normalized spacial score (nSPS) is 28.6. The van der Waals surface area contributed by atoms with Crippen molar-refractivity contribution in [2.24, 2.45) is 0 Å². The Balaban J connectivity index is 1.77. The first-order chi connectivity index (χ1) is 9.06. The molecule has 0 saturated carbocycles. The van der Waals surface area contributed by atoms with E-state index >= 15 is 0 Å². The zero-order chi connectivity index (χ0) is 13.5. The van der Waals surface area contributed by atoms with E-state index < -0.39 is 0 Å². The highest BCUT2D eigenvalue weighted by atomic mass is 32.1. The number of Topliss-reactive ketones (excluding diaryl/α,β-unsaturated/α-hetero) is 1. The van der Waals surface area contributed by atoms with E-state index in [1.165, 1.54) is 24.1 Å². The second-order valence-corrected chi connectivity index (χ2v) is 7.67. The van der Waals surface area contributed by atoms with E-state index in [4.69, 9.17) is 0 Å². The van der Waals surface area contributed by atoms with Gasteiger partial charge in [0.15, 0.2) is 0 Å². The lowest BCUT2D eigenvalue weighted by Gasteiger charge is -2.48. The maximum atomic E-state index is 11.8. The lowest BCUT2D eigenvalue weighted by atomic mass is 9.80. The summed E-state index contributed by atoms with van der Waals surface area (Å²) in [6.45, 7) is 5.77. The average Bonchev–Trinajstić information content (AvgIpc) is 2.84. The second kappa shape index (κ2) is 5.02. The first-order valence-electron chi connectivity index (χ1n) is 7.38. The summed E-state index contributed by atoms with van der Waals surface area (Å²) in [4.78, 5) is 15.9. The average molecular weight is 277 g/mol. The second-order valence-electron chi connectivity index (χ2n) is 6.72. The maximum Gasteiger partial charge on any atom is 0.136 e. The largest absolute Gasteiger partial charge is 0.300 e. The Hall–Kier alpha value is -0.670. The van der Waals surface area contributed by atoms with Crippen LogP contribution in [0.2, 0.25) is 0 Å². The number of fused-ring (bicyclic) bond motifs is 2. The molecule has 1 aromatic heterocycles. The van der Waals surface area contributed by atoms with Crippen LogP contribution >= 0.6 is 11.3 Å². The predicted octanol–water partition coefficient (Wildman–Crippen LogP) is 3.61. The number of rotatable bonds is 3. The van der Waals surface area contributed by atoms with Crippen LogP contribution in [0, 0.1) is 0 Å². The van der Waals surface area contributed by atoms with Crippen LogP contribution in [0.4, 0.5) is 0 Å². The zero-order valence-electron chi connectivity index (χ0n) is 11.9. The van der Waals surface area contributed by atoms with Crippen molar-refractivity contribution in [1.29, 1.82) is 0 Å². The van der Waals surface area contributed by atoms with Crippen molar-refractivity contribution in [3.8, 4) is 0 Å². The Bertz CT molecular complexity index is 435. The molecule has 0 aliphatic carbocycles. The molecule has 0 spiro atoms. The molecule has 2 saturated heterocycles. The quantitative estimate of drug-likeness (QED) is 0.841. The molecular formula is C16H23NOS. The molecule has 2 aliphatic rings. The first kappa shape index (κ1) is 13.3. The Morgan fingerprint density at radius 3 is 2.58 bits per heavy atom. The molecule has 2 aliphatic heterocycles. The van der Waals surface area contributed by atoms with Gasteiger partial charge in [-0.05, 0) is 24.3 Å². The number of thiophene rings is 1. The zero-order valence-corrected chi connectivity index (χ0v) is 12.7. The molecule has 1 aromatic rings. The van der Waals surface area contributed by atoms with Gasteiger partial charge in [0.1, 0.15) is 5.78 Å². The van der Waals surface area contributed by atoms with Crippen molar-refractivity contribution in [2.45, 2.75) is 63.5 Å². The number of carbonyl (C=O) groups is 1. The lowest BCUT2D eigenvalue weighted by Crippen LogP contribution is -2.55. The number of carbonyl (C=O) groups excluding carboxylic acids is 1. The van der Waals surface area contributed by atoms with Crippen LogP contribution in [0.1, 0.15) is 50.8 Å². The topological polar surface area (TPSA) is 20.3 Å². The fourth-order valence-corrected chi connectivity index (χ4v) is 4.57. The minimum atomic E-state index is 0.197. The van der Waals surface area contributed by atoms with E-state index in [-0.39, 0.29) is 5.41 Å². The fraction of sp³-hybridized carbons (Fsp3) is 0.688. The summed E-state index contributed by atoms with van der Waals surface area (Å²) in [5.74, 6) is 0.486. The minimum absolute atomic E-state index is 0.197. The molecule has 0 amide bonds. The molecule has 3 heteroatoms. The summed E-state index contributed by atoms with van der Waals surface area (Å²) in [7, 11) is 0. The van der Waals surface area contributed by atoms with E-state index in [1.807, 2.05) is 11.3 Å². The van der Waals surface area contributed by atoms with Gasteiger partial charge < -0.3 is 0 Å². The molecule has 2 atom stereocenters. The van der Waals surface area contributed by atoms with Crippen molar-refractivity contribution in [3.63, 3.8) is 0 Å². The number of nitrogens with zero attached hydrogens (tertiary/aromatic N) is 1. The van der Waals surface area contributed by atoms with Gasteiger partial charge >= 0.3 is 0 Å². The van der Waals surface area contributed by atoms with Crippen LogP contribution in [0.15, 0.2) is 17.5 Å².